The van der Waals surface area contributed by atoms with Crippen molar-refractivity contribution in [3.05, 3.63) is 75.8 Å². The second-order valence-corrected chi connectivity index (χ2v) is 7.02. The first-order chi connectivity index (χ1) is 11.5. The first-order valence-electron chi connectivity index (χ1n) is 7.57. The van der Waals surface area contributed by atoms with Crippen LogP contribution in [0.4, 0.5) is 0 Å². The number of benzene rings is 2. The van der Waals surface area contributed by atoms with Crippen LogP contribution in [0.1, 0.15) is 20.9 Å². The zero-order valence-electron chi connectivity index (χ0n) is 13.5. The van der Waals surface area contributed by atoms with E-state index in [9.17, 15) is 4.79 Å². The van der Waals surface area contributed by atoms with Crippen LogP contribution in [0, 0.1) is 6.92 Å². The highest BCUT2D eigenvalue weighted by Crippen LogP contribution is 2.29. The molecule has 1 amide bonds. The molecule has 1 heterocycles. The van der Waals surface area contributed by atoms with E-state index >= 15 is 0 Å². The monoisotopic (exact) mass is 356 g/mol. The van der Waals surface area contributed by atoms with Gasteiger partial charge in [0.15, 0.2) is 0 Å². The first-order valence-corrected chi connectivity index (χ1v) is 8.77. The molecule has 5 heteroatoms. The molecule has 3 aromatic rings. The van der Waals surface area contributed by atoms with E-state index in [-0.39, 0.29) is 5.91 Å². The molecule has 0 spiro atoms. The van der Waals surface area contributed by atoms with E-state index in [1.54, 1.807) is 4.90 Å². The second-order valence-electron chi connectivity index (χ2n) is 5.59. The number of amides is 1. The minimum Gasteiger partial charge on any atom is -0.337 e. The number of thiazole rings is 1. The molecule has 0 aliphatic rings. The molecule has 0 saturated carbocycles. The fraction of sp³-hybridized carbons (Fsp3) is 0.158. The van der Waals surface area contributed by atoms with Crippen molar-refractivity contribution in [3.63, 3.8) is 0 Å². The summed E-state index contributed by atoms with van der Waals surface area (Å²) in [7, 11) is 1.82. The van der Waals surface area contributed by atoms with Crippen LogP contribution in [0.2, 0.25) is 5.02 Å². The number of halogens is 1. The van der Waals surface area contributed by atoms with Crippen molar-refractivity contribution in [1.82, 2.24) is 9.88 Å². The molecule has 122 valence electrons. The summed E-state index contributed by atoms with van der Waals surface area (Å²) in [6.45, 7) is 2.45. The largest absolute Gasteiger partial charge is 0.337 e. The molecule has 3 rings (SSSR count). The highest BCUT2D eigenvalue weighted by atomic mass is 35.5. The van der Waals surface area contributed by atoms with E-state index in [0.717, 1.165) is 21.8 Å². The van der Waals surface area contributed by atoms with Crippen molar-refractivity contribution in [2.75, 3.05) is 7.05 Å². The van der Waals surface area contributed by atoms with Gasteiger partial charge in [-0.1, -0.05) is 54.1 Å². The van der Waals surface area contributed by atoms with E-state index in [2.05, 4.69) is 4.98 Å². The molecule has 0 unspecified atom stereocenters. The number of carbonyl (C=O) groups is 1. The van der Waals surface area contributed by atoms with E-state index in [4.69, 9.17) is 11.6 Å². The van der Waals surface area contributed by atoms with Crippen molar-refractivity contribution in [3.8, 4) is 10.6 Å². The number of aryl methyl sites for hydroxylation is 1. The minimum atomic E-state index is -0.00549. The van der Waals surface area contributed by atoms with Gasteiger partial charge >= 0.3 is 0 Å². The molecule has 0 radical (unpaired) electrons. The average Bonchev–Trinajstić information content (AvgIpc) is 2.97. The van der Waals surface area contributed by atoms with Gasteiger partial charge in [-0.2, -0.15) is 0 Å². The lowest BCUT2D eigenvalue weighted by molar-refractivity contribution is 0.0789. The summed E-state index contributed by atoms with van der Waals surface area (Å²) >= 11 is 7.35. The summed E-state index contributed by atoms with van der Waals surface area (Å²) in [4.78, 5) is 19.7. The molecule has 0 fully saturated rings. The Kier molecular flexibility index (Phi) is 4.97. The maximum atomic E-state index is 12.7. The van der Waals surface area contributed by atoms with E-state index in [0.29, 0.717) is 16.4 Å². The SMILES string of the molecule is Cc1nc(-c2ccc(Cl)cc2)sc1C(=O)N(C)Cc1ccccc1. The Morgan fingerprint density at radius 1 is 1.12 bits per heavy atom. The molecule has 0 aliphatic carbocycles. The molecule has 0 N–H and O–H groups in total. The summed E-state index contributed by atoms with van der Waals surface area (Å²) in [5, 5.41) is 1.52. The Bertz CT molecular complexity index is 844. The molecule has 24 heavy (non-hydrogen) atoms. The predicted molar refractivity (Wildman–Crippen MR) is 99.5 cm³/mol. The number of hydrogen-bond acceptors (Lipinski definition) is 3. The van der Waals surface area contributed by atoms with Gasteiger partial charge in [0.05, 0.1) is 5.69 Å². The Morgan fingerprint density at radius 3 is 2.46 bits per heavy atom. The molecular weight excluding hydrogens is 340 g/mol. The van der Waals surface area contributed by atoms with Crippen LogP contribution in [0.5, 0.6) is 0 Å². The van der Waals surface area contributed by atoms with Gasteiger partial charge in [-0.25, -0.2) is 4.98 Å². The summed E-state index contributed by atoms with van der Waals surface area (Å²) in [5.41, 5.74) is 2.83. The average molecular weight is 357 g/mol. The fourth-order valence-electron chi connectivity index (χ4n) is 2.41. The van der Waals surface area contributed by atoms with Crippen molar-refractivity contribution < 1.29 is 4.79 Å². The van der Waals surface area contributed by atoms with Crippen LogP contribution >= 0.6 is 22.9 Å². The van der Waals surface area contributed by atoms with Gasteiger partial charge in [-0.15, -0.1) is 11.3 Å². The number of carbonyl (C=O) groups excluding carboxylic acids is 1. The van der Waals surface area contributed by atoms with Gasteiger partial charge in [0, 0.05) is 24.2 Å². The summed E-state index contributed by atoms with van der Waals surface area (Å²) < 4.78 is 0. The maximum absolute atomic E-state index is 12.7. The number of hydrogen-bond donors (Lipinski definition) is 0. The molecular formula is C19H17ClN2OS. The summed E-state index contributed by atoms with van der Waals surface area (Å²) in [6.07, 6.45) is 0. The quantitative estimate of drug-likeness (QED) is 0.655. The fourth-order valence-corrected chi connectivity index (χ4v) is 3.61. The molecule has 3 nitrogen and oxygen atoms in total. The van der Waals surface area contributed by atoms with Gasteiger partial charge in [-0.05, 0) is 24.6 Å². The lowest BCUT2D eigenvalue weighted by Crippen LogP contribution is -2.26. The molecule has 2 aromatic carbocycles. The van der Waals surface area contributed by atoms with Gasteiger partial charge in [-0.3, -0.25) is 4.79 Å². The first kappa shape index (κ1) is 16.7. The van der Waals surface area contributed by atoms with Gasteiger partial charge < -0.3 is 4.90 Å². The normalized spacial score (nSPS) is 10.6. The lowest BCUT2D eigenvalue weighted by atomic mass is 10.2. The van der Waals surface area contributed by atoms with E-state index in [1.807, 2.05) is 68.6 Å². The van der Waals surface area contributed by atoms with Gasteiger partial charge in [0.2, 0.25) is 0 Å². The standard InChI is InChI=1S/C19H17ClN2OS/c1-13-17(19(23)22(2)12-14-6-4-3-5-7-14)24-18(21-13)15-8-10-16(20)11-9-15/h3-11H,12H2,1-2H3. The van der Waals surface area contributed by atoms with E-state index in [1.165, 1.54) is 11.3 Å². The van der Waals surface area contributed by atoms with Crippen molar-refractivity contribution in [2.24, 2.45) is 0 Å². The zero-order chi connectivity index (χ0) is 17.1. The molecule has 0 atom stereocenters. The Labute approximate surface area is 150 Å². The molecule has 0 bridgehead atoms. The summed E-state index contributed by atoms with van der Waals surface area (Å²) in [5.74, 6) is -0.00549. The Hall–Kier alpha value is -2.17. The zero-order valence-corrected chi connectivity index (χ0v) is 15.1. The number of nitrogens with zero attached hydrogens (tertiary/aromatic N) is 2. The summed E-state index contributed by atoms with van der Waals surface area (Å²) in [6, 6.07) is 17.5. The van der Waals surface area contributed by atoms with Crippen molar-refractivity contribution >= 4 is 28.8 Å². The van der Waals surface area contributed by atoms with Crippen LogP contribution in [0.3, 0.4) is 0 Å². The highest BCUT2D eigenvalue weighted by Gasteiger charge is 2.19. The van der Waals surface area contributed by atoms with Gasteiger partial charge in [0.25, 0.3) is 5.91 Å². The smallest absolute Gasteiger partial charge is 0.265 e. The molecule has 0 aliphatic heterocycles. The second kappa shape index (κ2) is 7.16. The predicted octanol–water partition coefficient (Wildman–Crippen LogP) is 5.04. The topological polar surface area (TPSA) is 33.2 Å². The Morgan fingerprint density at radius 2 is 1.79 bits per heavy atom. The molecule has 0 saturated heterocycles. The van der Waals surface area contributed by atoms with Gasteiger partial charge in [0.1, 0.15) is 9.88 Å². The Balaban J connectivity index is 1.81. The third-order valence-electron chi connectivity index (χ3n) is 3.69. The van der Waals surface area contributed by atoms with E-state index < -0.39 is 0 Å². The number of aromatic nitrogens is 1. The van der Waals surface area contributed by atoms with Crippen LogP contribution in [-0.4, -0.2) is 22.8 Å². The highest BCUT2D eigenvalue weighted by molar-refractivity contribution is 7.17. The van der Waals surface area contributed by atoms with Crippen LogP contribution in [-0.2, 0) is 6.54 Å². The van der Waals surface area contributed by atoms with Crippen LogP contribution in [0.25, 0.3) is 10.6 Å². The third-order valence-corrected chi connectivity index (χ3v) is 5.14. The third kappa shape index (κ3) is 3.66. The van der Waals surface area contributed by atoms with Crippen LogP contribution in [0.15, 0.2) is 54.6 Å². The minimum absolute atomic E-state index is 0.00549. The molecule has 1 aromatic heterocycles. The number of rotatable bonds is 4. The van der Waals surface area contributed by atoms with Crippen LogP contribution < -0.4 is 0 Å². The lowest BCUT2D eigenvalue weighted by Gasteiger charge is -2.16. The van der Waals surface area contributed by atoms with Crippen molar-refractivity contribution in [1.29, 1.82) is 0 Å². The maximum Gasteiger partial charge on any atom is 0.265 e. The van der Waals surface area contributed by atoms with Crippen molar-refractivity contribution in [2.45, 2.75) is 13.5 Å².